The van der Waals surface area contributed by atoms with Gasteiger partial charge in [-0.15, -0.1) is 0 Å². The molecule has 0 saturated carbocycles. The minimum Gasteiger partial charge on any atom is -0.481 e. The van der Waals surface area contributed by atoms with E-state index in [2.05, 4.69) is 5.32 Å². The first-order chi connectivity index (χ1) is 11.3. The number of hydrogen-bond acceptors (Lipinski definition) is 4. The molecule has 2 unspecified atom stereocenters. The second-order valence-electron chi connectivity index (χ2n) is 5.90. The van der Waals surface area contributed by atoms with Crippen LogP contribution in [0.4, 0.5) is 5.69 Å². The molecule has 2 rings (SSSR count). The zero-order chi connectivity index (χ0) is 17.9. The van der Waals surface area contributed by atoms with E-state index in [1.54, 1.807) is 19.9 Å². The number of carbonyl (C=O) groups is 3. The van der Waals surface area contributed by atoms with Crippen molar-refractivity contribution in [2.75, 3.05) is 11.4 Å². The average molecular weight is 334 g/mol. The number of benzene rings is 1. The van der Waals surface area contributed by atoms with Gasteiger partial charge in [0.15, 0.2) is 6.10 Å². The van der Waals surface area contributed by atoms with Crippen molar-refractivity contribution in [3.8, 4) is 5.75 Å². The molecule has 0 spiro atoms. The van der Waals surface area contributed by atoms with E-state index in [0.717, 1.165) is 5.56 Å². The molecule has 1 aliphatic heterocycles. The van der Waals surface area contributed by atoms with Crippen molar-refractivity contribution in [2.45, 2.75) is 45.8 Å². The highest BCUT2D eigenvalue weighted by atomic mass is 16.5. The van der Waals surface area contributed by atoms with Gasteiger partial charge in [0.25, 0.3) is 5.91 Å². The molecule has 0 aromatic heterocycles. The van der Waals surface area contributed by atoms with Crippen molar-refractivity contribution in [1.82, 2.24) is 5.32 Å². The van der Waals surface area contributed by atoms with Crippen LogP contribution >= 0.6 is 0 Å². The number of rotatable bonds is 6. The minimum atomic E-state index is -0.904. The molecule has 1 heterocycles. The lowest BCUT2D eigenvalue weighted by atomic mass is 10.1. The molecule has 1 aromatic carbocycles. The van der Waals surface area contributed by atoms with Gasteiger partial charge in [-0.1, -0.05) is 6.07 Å². The summed E-state index contributed by atoms with van der Waals surface area (Å²) < 4.78 is 5.60. The minimum absolute atomic E-state index is 0.00971. The Labute approximate surface area is 140 Å². The van der Waals surface area contributed by atoms with Crippen molar-refractivity contribution in [2.24, 2.45) is 0 Å². The van der Waals surface area contributed by atoms with Crippen molar-refractivity contribution in [3.63, 3.8) is 0 Å². The molecule has 7 nitrogen and oxygen atoms in total. The molecule has 130 valence electrons. The Balaban J connectivity index is 2.14. The zero-order valence-corrected chi connectivity index (χ0v) is 14.0. The van der Waals surface area contributed by atoms with E-state index in [4.69, 9.17) is 9.84 Å². The monoisotopic (exact) mass is 334 g/mol. The third-order valence-electron chi connectivity index (χ3n) is 3.90. The maximum atomic E-state index is 12.5. The van der Waals surface area contributed by atoms with Gasteiger partial charge in [-0.05, 0) is 44.9 Å². The van der Waals surface area contributed by atoms with Crippen LogP contribution in [-0.4, -0.2) is 41.6 Å². The highest BCUT2D eigenvalue weighted by Gasteiger charge is 2.37. The van der Waals surface area contributed by atoms with Crippen LogP contribution in [0.1, 0.15) is 32.3 Å². The molecule has 1 aliphatic rings. The number of carbonyl (C=O) groups excluding carboxylic acids is 2. The van der Waals surface area contributed by atoms with Gasteiger partial charge in [0.2, 0.25) is 5.91 Å². The first-order valence-corrected chi connectivity index (χ1v) is 7.91. The number of carboxylic acid groups (broad SMARTS) is 1. The molecule has 2 amide bonds. The summed E-state index contributed by atoms with van der Waals surface area (Å²) in [6, 6.07) is 4.77. The van der Waals surface area contributed by atoms with Crippen molar-refractivity contribution < 1.29 is 24.2 Å². The van der Waals surface area contributed by atoms with Gasteiger partial charge in [0.1, 0.15) is 11.8 Å². The van der Waals surface area contributed by atoms with Gasteiger partial charge in [-0.25, -0.2) is 0 Å². The average Bonchev–Trinajstić information content (AvgIpc) is 2.52. The SMILES string of the molecule is Cc1ccc2c(c1)N(C(C)C(=O)NCCCC(=O)O)C(=O)C(C)O2. The summed E-state index contributed by atoms with van der Waals surface area (Å²) in [4.78, 5) is 36.8. The number of amides is 2. The van der Waals surface area contributed by atoms with Crippen molar-refractivity contribution in [1.29, 1.82) is 0 Å². The Bertz CT molecular complexity index is 658. The molecule has 7 heteroatoms. The van der Waals surface area contributed by atoms with Crippen LogP contribution in [0.25, 0.3) is 0 Å². The summed E-state index contributed by atoms with van der Waals surface area (Å²) in [5.74, 6) is -0.936. The predicted molar refractivity (Wildman–Crippen MR) is 88.1 cm³/mol. The fourth-order valence-corrected chi connectivity index (χ4v) is 2.59. The number of nitrogens with one attached hydrogen (secondary N) is 1. The fourth-order valence-electron chi connectivity index (χ4n) is 2.59. The molecule has 24 heavy (non-hydrogen) atoms. The number of hydrogen-bond donors (Lipinski definition) is 2. The van der Waals surface area contributed by atoms with Crippen LogP contribution in [-0.2, 0) is 14.4 Å². The van der Waals surface area contributed by atoms with Crippen LogP contribution in [0.15, 0.2) is 18.2 Å². The van der Waals surface area contributed by atoms with Gasteiger partial charge in [0.05, 0.1) is 5.69 Å². The number of anilines is 1. The predicted octanol–water partition coefficient (Wildman–Crippen LogP) is 1.48. The number of ether oxygens (including phenoxy) is 1. The summed E-state index contributed by atoms with van der Waals surface area (Å²) in [5.41, 5.74) is 1.53. The van der Waals surface area contributed by atoms with E-state index < -0.39 is 18.1 Å². The van der Waals surface area contributed by atoms with E-state index >= 15 is 0 Å². The summed E-state index contributed by atoms with van der Waals surface area (Å²) in [7, 11) is 0. The van der Waals surface area contributed by atoms with Crippen LogP contribution in [0.5, 0.6) is 5.75 Å². The Kier molecular flexibility index (Phi) is 5.43. The van der Waals surface area contributed by atoms with E-state index in [-0.39, 0.29) is 24.8 Å². The topological polar surface area (TPSA) is 95.9 Å². The summed E-state index contributed by atoms with van der Waals surface area (Å²) in [5, 5.41) is 11.3. The van der Waals surface area contributed by atoms with Crippen molar-refractivity contribution in [3.05, 3.63) is 23.8 Å². The zero-order valence-electron chi connectivity index (χ0n) is 14.0. The lowest BCUT2D eigenvalue weighted by molar-refractivity contribution is -0.137. The standard InChI is InChI=1S/C17H22N2O5/c1-10-6-7-14-13(9-10)19(17(23)12(3)24-14)11(2)16(22)18-8-4-5-15(20)21/h6-7,9,11-12H,4-5,8H2,1-3H3,(H,18,22)(H,20,21). The first kappa shape index (κ1) is 17.8. The summed E-state index contributed by atoms with van der Waals surface area (Å²) >= 11 is 0. The van der Waals surface area contributed by atoms with Crippen molar-refractivity contribution >= 4 is 23.5 Å². The molecule has 2 N–H and O–H groups in total. The van der Waals surface area contributed by atoms with Crippen LogP contribution in [0.3, 0.4) is 0 Å². The number of carboxylic acids is 1. The highest BCUT2D eigenvalue weighted by Crippen LogP contribution is 2.36. The number of aliphatic carboxylic acids is 1. The van der Waals surface area contributed by atoms with Crippen LogP contribution in [0.2, 0.25) is 0 Å². The molecule has 0 aliphatic carbocycles. The van der Waals surface area contributed by atoms with Crippen LogP contribution < -0.4 is 15.0 Å². The molecule has 0 saturated heterocycles. The Morgan fingerprint density at radius 2 is 2.12 bits per heavy atom. The van der Waals surface area contributed by atoms with Gasteiger partial charge in [-0.3, -0.25) is 19.3 Å². The fraction of sp³-hybridized carbons (Fsp3) is 0.471. The third kappa shape index (κ3) is 3.84. The Morgan fingerprint density at radius 3 is 2.79 bits per heavy atom. The highest BCUT2D eigenvalue weighted by molar-refractivity contribution is 6.05. The van der Waals surface area contributed by atoms with Gasteiger partial charge in [0, 0.05) is 13.0 Å². The Morgan fingerprint density at radius 1 is 1.42 bits per heavy atom. The van der Waals surface area contributed by atoms with E-state index in [0.29, 0.717) is 17.9 Å². The molecule has 1 aromatic rings. The maximum absolute atomic E-state index is 12.5. The lowest BCUT2D eigenvalue weighted by Crippen LogP contribution is -2.54. The molecule has 0 radical (unpaired) electrons. The summed E-state index contributed by atoms with van der Waals surface area (Å²) in [6.07, 6.45) is -0.330. The first-order valence-electron chi connectivity index (χ1n) is 7.91. The second kappa shape index (κ2) is 7.33. The van der Waals surface area contributed by atoms with E-state index in [1.165, 1.54) is 4.90 Å². The number of fused-ring (bicyclic) bond motifs is 1. The molecule has 0 fully saturated rings. The third-order valence-corrected chi connectivity index (χ3v) is 3.90. The van der Waals surface area contributed by atoms with E-state index in [9.17, 15) is 14.4 Å². The number of nitrogens with zero attached hydrogens (tertiary/aromatic N) is 1. The quantitative estimate of drug-likeness (QED) is 0.768. The molecule has 2 atom stereocenters. The van der Waals surface area contributed by atoms with Gasteiger partial charge >= 0.3 is 5.97 Å². The van der Waals surface area contributed by atoms with Gasteiger partial charge < -0.3 is 15.2 Å². The molecular formula is C17H22N2O5. The summed E-state index contributed by atoms with van der Waals surface area (Å²) in [6.45, 7) is 5.45. The van der Waals surface area contributed by atoms with Crippen LogP contribution in [0, 0.1) is 6.92 Å². The normalized spacial score (nSPS) is 17.7. The molecular weight excluding hydrogens is 312 g/mol. The second-order valence-corrected chi connectivity index (χ2v) is 5.90. The molecule has 0 bridgehead atoms. The largest absolute Gasteiger partial charge is 0.481 e. The maximum Gasteiger partial charge on any atom is 0.303 e. The Hall–Kier alpha value is -2.57. The van der Waals surface area contributed by atoms with Gasteiger partial charge in [-0.2, -0.15) is 0 Å². The lowest BCUT2D eigenvalue weighted by Gasteiger charge is -2.36. The van der Waals surface area contributed by atoms with E-state index in [1.807, 2.05) is 19.1 Å². The number of aryl methyl sites for hydroxylation is 1. The smallest absolute Gasteiger partial charge is 0.303 e.